The third-order valence-corrected chi connectivity index (χ3v) is 26.0. The lowest BCUT2D eigenvalue weighted by Gasteiger charge is -2.32. The van der Waals surface area contributed by atoms with Crippen LogP contribution in [-0.2, 0) is 0 Å². The first-order chi connectivity index (χ1) is 53.1. The molecule has 20 nitrogen and oxygen atoms in total. The van der Waals surface area contributed by atoms with Crippen molar-refractivity contribution in [1.82, 2.24) is 72.7 Å². The van der Waals surface area contributed by atoms with Crippen LogP contribution in [0.25, 0.3) is 56.3 Å². The van der Waals surface area contributed by atoms with E-state index >= 15 is 0 Å². The van der Waals surface area contributed by atoms with Gasteiger partial charge in [-0.25, -0.2) is 42.5 Å². The molecular weight excluding hydrogens is 1380 g/mol. The van der Waals surface area contributed by atoms with Gasteiger partial charge in [-0.2, -0.15) is 0 Å². The lowest BCUT2D eigenvalue weighted by atomic mass is 9.81. The third-order valence-electron chi connectivity index (χ3n) is 26.0. The molecule has 10 aromatic heterocycles. The molecule has 10 atom stereocenters. The average Bonchev–Trinajstić information content (AvgIpc) is 1.64. The normalized spacial score (nSPS) is 23.4. The molecule has 109 heavy (non-hydrogen) atoms. The van der Waals surface area contributed by atoms with Gasteiger partial charge in [-0.05, 0) is 174 Å². The molecule has 574 valence electrons. The van der Waals surface area contributed by atoms with Crippen molar-refractivity contribution in [3.63, 3.8) is 0 Å². The smallest absolute Gasteiger partial charge is 0.248 e. The van der Waals surface area contributed by atoms with Gasteiger partial charge >= 0.3 is 0 Å². The number of hydrogen-bond donors (Lipinski definition) is 5. The molecule has 10 aromatic rings. The van der Waals surface area contributed by atoms with Crippen molar-refractivity contribution < 1.29 is 27.8 Å². The maximum Gasteiger partial charge on any atom is 0.248 e. The van der Waals surface area contributed by atoms with E-state index < -0.39 is 24.1 Å². The molecule has 5 fully saturated rings. The van der Waals surface area contributed by atoms with Crippen LogP contribution >= 0.6 is 0 Å². The van der Waals surface area contributed by atoms with Crippen molar-refractivity contribution in [2.45, 2.75) is 252 Å². The number of nitrogens with zero attached hydrogens (tertiary/aromatic N) is 15. The van der Waals surface area contributed by atoms with E-state index in [1.807, 2.05) is 108 Å². The second-order valence-electron chi connectivity index (χ2n) is 32.6. The number of fused-ring (bicyclic) bond motifs is 15. The number of imidazole rings is 5. The molecule has 0 saturated heterocycles. The van der Waals surface area contributed by atoms with E-state index in [0.717, 1.165) is 53.2 Å². The standard InChI is InChI=1S/2C17H19F2N3O.3C17H22N4/c2*18-17(19)5-3-11(4-6-17)15(23)8-13-16-12(2-1-7-21-16)14-9-20-10-22(13)14;3*18-14(12-5-2-1-3-6-12)9-15-17-13(7-4-8-20-17)16-10-19-11-21(15)16/h2*1-2,7,9-11,13,15,23H,3-6,8H2;3*4,7-8,10-12,14-15H,1-3,5-6,9,18H2. The molecule has 20 rings (SSSR count). The third kappa shape index (κ3) is 15.8. The minimum Gasteiger partial charge on any atom is -0.393 e. The second-order valence-corrected chi connectivity index (χ2v) is 32.6. The quantitative estimate of drug-likeness (QED) is 0.0597. The van der Waals surface area contributed by atoms with Crippen LogP contribution in [-0.4, -0.2) is 125 Å². The zero-order valence-corrected chi connectivity index (χ0v) is 62.2. The van der Waals surface area contributed by atoms with Crippen LogP contribution in [0, 0.1) is 29.6 Å². The van der Waals surface area contributed by atoms with Crippen LogP contribution < -0.4 is 17.2 Å². The van der Waals surface area contributed by atoms with Crippen molar-refractivity contribution in [3.05, 3.63) is 183 Å². The summed E-state index contributed by atoms with van der Waals surface area (Å²) in [5.41, 5.74) is 36.3. The van der Waals surface area contributed by atoms with Gasteiger partial charge in [0.2, 0.25) is 11.8 Å². The van der Waals surface area contributed by atoms with Crippen LogP contribution in [0.3, 0.4) is 0 Å². The molecule has 5 saturated carbocycles. The highest BCUT2D eigenvalue weighted by Crippen LogP contribution is 2.49. The minimum absolute atomic E-state index is 0.0608. The SMILES string of the molecule is NC(CC1c2ncccc2-c2cncn21)C1CCCCC1.NC(CC1c2ncccc2-c2cncn21)C1CCCCC1.NC(CC1c2ncccc2-c2cncn21)C1CCCCC1.OC(CC1c2ncccc2-c2cncn21)C1CCC(F)(F)CC1.OC(CC1c2ncccc2-c2cncn21)C1CCC(F)(F)CC1. The van der Waals surface area contributed by atoms with E-state index in [1.165, 1.54) is 147 Å². The molecule has 5 aliphatic carbocycles. The van der Waals surface area contributed by atoms with E-state index in [1.54, 1.807) is 37.4 Å². The summed E-state index contributed by atoms with van der Waals surface area (Å²) in [5.74, 6) is -3.20. The first-order valence-corrected chi connectivity index (χ1v) is 40.4. The minimum atomic E-state index is -2.56. The lowest BCUT2D eigenvalue weighted by Crippen LogP contribution is -2.34. The number of pyridine rings is 5. The summed E-state index contributed by atoms with van der Waals surface area (Å²) in [6, 6.07) is 21.6. The molecule has 15 heterocycles. The van der Waals surface area contributed by atoms with Crippen LogP contribution in [0.1, 0.15) is 238 Å². The Hall–Kier alpha value is -8.68. The average molecular weight is 1490 g/mol. The summed E-state index contributed by atoms with van der Waals surface area (Å²) in [6.45, 7) is 0. The Morgan fingerprint density at radius 1 is 0.321 bits per heavy atom. The van der Waals surface area contributed by atoms with Crippen molar-refractivity contribution in [3.8, 4) is 56.3 Å². The number of aliphatic hydroxyl groups is 2. The van der Waals surface area contributed by atoms with E-state index in [9.17, 15) is 27.8 Å². The first-order valence-electron chi connectivity index (χ1n) is 40.4. The fraction of sp³-hybridized carbons (Fsp3) is 0.529. The molecule has 0 spiro atoms. The van der Waals surface area contributed by atoms with Gasteiger partial charge in [-0.3, -0.25) is 24.9 Å². The van der Waals surface area contributed by atoms with Gasteiger partial charge in [0, 0.05) is 115 Å². The molecule has 0 bridgehead atoms. The number of nitrogens with two attached hydrogens (primary N) is 3. The van der Waals surface area contributed by atoms with Gasteiger partial charge in [-0.15, -0.1) is 0 Å². The number of aromatic nitrogens is 15. The summed E-state index contributed by atoms with van der Waals surface area (Å²) < 4.78 is 64.0. The number of aliphatic hydroxyl groups excluding tert-OH is 2. The van der Waals surface area contributed by atoms with Crippen molar-refractivity contribution in [2.75, 3.05) is 0 Å². The van der Waals surface area contributed by atoms with Crippen molar-refractivity contribution in [1.29, 1.82) is 0 Å². The fourth-order valence-electron chi connectivity index (χ4n) is 19.9. The highest BCUT2D eigenvalue weighted by Gasteiger charge is 2.43. The Morgan fingerprint density at radius 2 is 0.541 bits per heavy atom. The molecule has 0 amide bonds. The number of rotatable bonds is 15. The Bertz CT molecular complexity index is 4260. The molecule has 0 radical (unpaired) electrons. The molecule has 0 aromatic carbocycles. The molecule has 10 aliphatic rings. The molecular formula is C85H104F4N18O2. The Labute approximate surface area is 635 Å². The van der Waals surface area contributed by atoms with Gasteiger partial charge in [0.1, 0.15) is 0 Å². The predicted molar refractivity (Wildman–Crippen MR) is 411 cm³/mol. The molecule has 8 N–H and O–H groups in total. The van der Waals surface area contributed by atoms with E-state index in [2.05, 4.69) is 81.7 Å². The summed E-state index contributed by atoms with van der Waals surface area (Å²) in [4.78, 5) is 44.1. The summed E-state index contributed by atoms with van der Waals surface area (Å²) >= 11 is 0. The Balaban J connectivity index is 0.000000104. The maximum absolute atomic E-state index is 13.3. The Kier molecular flexibility index (Phi) is 22.3. The molecule has 10 unspecified atom stereocenters. The summed E-state index contributed by atoms with van der Waals surface area (Å²) in [5, 5.41) is 21.2. The van der Waals surface area contributed by atoms with Crippen molar-refractivity contribution in [2.24, 2.45) is 46.8 Å². The van der Waals surface area contributed by atoms with Crippen LogP contribution in [0.4, 0.5) is 17.6 Å². The first kappa shape index (κ1) is 74.4. The van der Waals surface area contributed by atoms with Gasteiger partial charge < -0.3 is 50.2 Å². The zero-order valence-electron chi connectivity index (χ0n) is 62.2. The van der Waals surface area contributed by atoms with Crippen LogP contribution in [0.2, 0.25) is 0 Å². The van der Waals surface area contributed by atoms with Gasteiger partial charge in [0.25, 0.3) is 0 Å². The summed E-state index contributed by atoms with van der Waals surface area (Å²) in [7, 11) is 0. The van der Waals surface area contributed by atoms with Gasteiger partial charge in [0.05, 0.1) is 162 Å². The Morgan fingerprint density at radius 3 is 0.771 bits per heavy atom. The summed E-state index contributed by atoms with van der Waals surface area (Å²) in [6.07, 6.45) is 51.5. The molecule has 24 heteroatoms. The predicted octanol–water partition coefficient (Wildman–Crippen LogP) is 16.3. The number of alkyl halides is 4. The van der Waals surface area contributed by atoms with Crippen molar-refractivity contribution >= 4 is 0 Å². The number of halogens is 4. The highest BCUT2D eigenvalue weighted by atomic mass is 19.3. The topological polar surface area (TPSA) is 272 Å². The lowest BCUT2D eigenvalue weighted by molar-refractivity contribution is -0.0646. The van der Waals surface area contributed by atoms with E-state index in [4.69, 9.17) is 17.2 Å². The fourth-order valence-corrected chi connectivity index (χ4v) is 19.9. The van der Waals surface area contributed by atoms with E-state index in [-0.39, 0.29) is 85.9 Å². The van der Waals surface area contributed by atoms with Crippen LogP contribution in [0.5, 0.6) is 0 Å². The monoisotopic (exact) mass is 1480 g/mol. The largest absolute Gasteiger partial charge is 0.393 e. The van der Waals surface area contributed by atoms with E-state index in [0.29, 0.717) is 56.3 Å². The highest BCUT2D eigenvalue weighted by molar-refractivity contribution is 5.70. The molecule has 5 aliphatic heterocycles. The van der Waals surface area contributed by atoms with Gasteiger partial charge in [-0.1, -0.05) is 57.8 Å². The number of hydrogen-bond acceptors (Lipinski definition) is 15. The van der Waals surface area contributed by atoms with Crippen LogP contribution in [0.15, 0.2) is 154 Å². The van der Waals surface area contributed by atoms with Gasteiger partial charge in [0.15, 0.2) is 0 Å². The zero-order chi connectivity index (χ0) is 74.8. The maximum atomic E-state index is 13.3. The second kappa shape index (κ2) is 32.7.